The number of para-hydroxylation sites is 2. The molecule has 0 aliphatic heterocycles. The van der Waals surface area contributed by atoms with Crippen LogP contribution >= 0.6 is 22.9 Å². The van der Waals surface area contributed by atoms with Gasteiger partial charge >= 0.3 is 0 Å². The van der Waals surface area contributed by atoms with Crippen molar-refractivity contribution in [1.29, 1.82) is 0 Å². The summed E-state index contributed by atoms with van der Waals surface area (Å²) in [5.41, 5.74) is 3.28. The number of rotatable bonds is 6. The van der Waals surface area contributed by atoms with Gasteiger partial charge in [-0.25, -0.2) is 0 Å². The van der Waals surface area contributed by atoms with Gasteiger partial charge in [-0.15, -0.1) is 11.3 Å². The third-order valence-electron chi connectivity index (χ3n) is 5.37. The standard InChI is InChI=1S/C28H20ClN3O2S/c29-25-22-11-5-7-13-24(22)35-26(25)28(34)32-23-12-6-4-10-21(23)27(33)31-20-16-14-19(15-17-20)30-18-8-2-1-3-9-18/h1-17,30H,(H,31,33)(H,32,34). The summed E-state index contributed by atoms with van der Waals surface area (Å²) in [5, 5.41) is 10.3. The Labute approximate surface area is 211 Å². The average Bonchev–Trinajstić information content (AvgIpc) is 3.23. The Morgan fingerprint density at radius 2 is 1.26 bits per heavy atom. The minimum absolute atomic E-state index is 0.327. The van der Waals surface area contributed by atoms with Crippen molar-refractivity contribution in [2.24, 2.45) is 0 Å². The Morgan fingerprint density at radius 3 is 2.03 bits per heavy atom. The smallest absolute Gasteiger partial charge is 0.267 e. The molecule has 1 aromatic heterocycles. The highest BCUT2D eigenvalue weighted by Crippen LogP contribution is 2.35. The molecule has 4 aromatic carbocycles. The lowest BCUT2D eigenvalue weighted by Crippen LogP contribution is -2.17. The van der Waals surface area contributed by atoms with Crippen LogP contribution in [0, 0.1) is 0 Å². The predicted molar refractivity (Wildman–Crippen MR) is 145 cm³/mol. The number of carbonyl (C=O) groups is 2. The van der Waals surface area contributed by atoms with Gasteiger partial charge in [-0.1, -0.05) is 60.1 Å². The van der Waals surface area contributed by atoms with Crippen molar-refractivity contribution in [3.8, 4) is 0 Å². The van der Waals surface area contributed by atoms with Gasteiger partial charge in [-0.2, -0.15) is 0 Å². The number of thiophene rings is 1. The highest BCUT2D eigenvalue weighted by Gasteiger charge is 2.19. The van der Waals surface area contributed by atoms with Gasteiger partial charge in [0.2, 0.25) is 0 Å². The molecule has 2 amide bonds. The topological polar surface area (TPSA) is 70.2 Å². The van der Waals surface area contributed by atoms with E-state index < -0.39 is 0 Å². The summed E-state index contributed by atoms with van der Waals surface area (Å²) in [6, 6.07) is 31.7. The molecule has 5 aromatic rings. The van der Waals surface area contributed by atoms with Crippen molar-refractivity contribution in [3.63, 3.8) is 0 Å². The van der Waals surface area contributed by atoms with Crippen LogP contribution in [0.15, 0.2) is 103 Å². The first-order valence-electron chi connectivity index (χ1n) is 10.9. The van der Waals surface area contributed by atoms with E-state index in [2.05, 4.69) is 16.0 Å². The summed E-state index contributed by atoms with van der Waals surface area (Å²) in [6.45, 7) is 0. The highest BCUT2D eigenvalue weighted by atomic mass is 35.5. The SMILES string of the molecule is O=C(Nc1ccc(Nc2ccccc2)cc1)c1ccccc1NC(=O)c1sc2ccccc2c1Cl. The van der Waals surface area contributed by atoms with E-state index in [1.54, 1.807) is 24.3 Å². The average molecular weight is 498 g/mol. The molecular formula is C28H20ClN3O2S. The molecule has 5 rings (SSSR count). The van der Waals surface area contributed by atoms with Crippen molar-refractivity contribution in [3.05, 3.63) is 119 Å². The number of halogens is 1. The van der Waals surface area contributed by atoms with Crippen LogP contribution in [0.2, 0.25) is 5.02 Å². The van der Waals surface area contributed by atoms with E-state index >= 15 is 0 Å². The van der Waals surface area contributed by atoms with Gasteiger partial charge in [0.1, 0.15) is 4.88 Å². The van der Waals surface area contributed by atoms with Crippen molar-refractivity contribution in [2.75, 3.05) is 16.0 Å². The fourth-order valence-corrected chi connectivity index (χ4v) is 5.06. The largest absolute Gasteiger partial charge is 0.356 e. The number of nitrogens with one attached hydrogen (secondary N) is 3. The quantitative estimate of drug-likeness (QED) is 0.224. The Balaban J connectivity index is 1.30. The minimum Gasteiger partial charge on any atom is -0.356 e. The lowest BCUT2D eigenvalue weighted by Gasteiger charge is -2.12. The van der Waals surface area contributed by atoms with Crippen molar-refractivity contribution in [2.45, 2.75) is 0 Å². The fourth-order valence-electron chi connectivity index (χ4n) is 3.65. The van der Waals surface area contributed by atoms with E-state index in [9.17, 15) is 9.59 Å². The fraction of sp³-hybridized carbons (Fsp3) is 0. The van der Waals surface area contributed by atoms with E-state index in [1.165, 1.54) is 11.3 Å². The molecule has 172 valence electrons. The first-order chi connectivity index (χ1) is 17.1. The number of anilines is 4. The van der Waals surface area contributed by atoms with Gasteiger partial charge in [0.05, 0.1) is 16.3 Å². The van der Waals surface area contributed by atoms with Crippen LogP contribution < -0.4 is 16.0 Å². The summed E-state index contributed by atoms with van der Waals surface area (Å²) < 4.78 is 0.930. The molecule has 0 bridgehead atoms. The van der Waals surface area contributed by atoms with Gasteiger partial charge in [-0.05, 0) is 54.6 Å². The number of carbonyl (C=O) groups excluding carboxylic acids is 2. The van der Waals surface area contributed by atoms with E-state index in [1.807, 2.05) is 78.9 Å². The van der Waals surface area contributed by atoms with E-state index in [0.29, 0.717) is 26.8 Å². The predicted octanol–water partition coefficient (Wildman–Crippen LogP) is 7.80. The van der Waals surface area contributed by atoms with Crippen molar-refractivity contribution >= 4 is 67.6 Å². The summed E-state index contributed by atoms with van der Waals surface area (Å²) in [7, 11) is 0. The third kappa shape index (κ3) is 5.04. The Kier molecular flexibility index (Phi) is 6.48. The Hall–Kier alpha value is -4.13. The molecule has 7 heteroatoms. The summed E-state index contributed by atoms with van der Waals surface area (Å²) >= 11 is 7.78. The van der Waals surface area contributed by atoms with E-state index in [4.69, 9.17) is 11.6 Å². The van der Waals surface area contributed by atoms with Crippen molar-refractivity contribution < 1.29 is 9.59 Å². The number of fused-ring (bicyclic) bond motifs is 1. The number of amides is 2. The Morgan fingerprint density at radius 1 is 0.629 bits per heavy atom. The molecule has 0 fully saturated rings. The molecular weight excluding hydrogens is 478 g/mol. The molecule has 3 N–H and O–H groups in total. The van der Waals surface area contributed by atoms with Crippen LogP contribution in [0.4, 0.5) is 22.7 Å². The second kappa shape index (κ2) is 10.0. The maximum atomic E-state index is 13.0. The zero-order valence-electron chi connectivity index (χ0n) is 18.4. The lowest BCUT2D eigenvalue weighted by molar-refractivity contribution is 0.102. The molecule has 35 heavy (non-hydrogen) atoms. The molecule has 0 unspecified atom stereocenters. The van der Waals surface area contributed by atoms with Crippen LogP contribution in [0.25, 0.3) is 10.1 Å². The van der Waals surface area contributed by atoms with Crippen LogP contribution in [0.3, 0.4) is 0 Å². The zero-order chi connectivity index (χ0) is 24.2. The maximum Gasteiger partial charge on any atom is 0.267 e. The molecule has 0 radical (unpaired) electrons. The number of hydrogen-bond acceptors (Lipinski definition) is 4. The molecule has 0 aliphatic rings. The zero-order valence-corrected chi connectivity index (χ0v) is 20.0. The highest BCUT2D eigenvalue weighted by molar-refractivity contribution is 7.21. The molecule has 0 spiro atoms. The number of benzene rings is 4. The van der Waals surface area contributed by atoms with Gasteiger partial charge < -0.3 is 16.0 Å². The molecule has 1 heterocycles. The first kappa shape index (κ1) is 22.7. The second-order valence-electron chi connectivity index (χ2n) is 7.76. The van der Waals surface area contributed by atoms with E-state index in [0.717, 1.165) is 21.5 Å². The monoisotopic (exact) mass is 497 g/mol. The minimum atomic E-state index is -0.354. The van der Waals surface area contributed by atoms with Gasteiger partial charge in [0.15, 0.2) is 0 Å². The number of hydrogen-bond donors (Lipinski definition) is 3. The van der Waals surface area contributed by atoms with E-state index in [-0.39, 0.29) is 11.8 Å². The third-order valence-corrected chi connectivity index (χ3v) is 7.04. The summed E-state index contributed by atoms with van der Waals surface area (Å²) in [5.74, 6) is -0.681. The normalized spacial score (nSPS) is 10.7. The van der Waals surface area contributed by atoms with Gasteiger partial charge in [0, 0.05) is 27.1 Å². The Bertz CT molecular complexity index is 1510. The summed E-state index contributed by atoms with van der Waals surface area (Å²) in [6.07, 6.45) is 0. The van der Waals surface area contributed by atoms with Gasteiger partial charge in [0.25, 0.3) is 11.8 Å². The van der Waals surface area contributed by atoms with Crippen LogP contribution in [-0.2, 0) is 0 Å². The lowest BCUT2D eigenvalue weighted by atomic mass is 10.1. The summed E-state index contributed by atoms with van der Waals surface area (Å²) in [4.78, 5) is 26.4. The maximum absolute atomic E-state index is 13.0. The first-order valence-corrected chi connectivity index (χ1v) is 12.1. The van der Waals surface area contributed by atoms with Crippen LogP contribution in [0.1, 0.15) is 20.0 Å². The molecule has 0 saturated heterocycles. The molecule has 0 saturated carbocycles. The molecule has 0 atom stereocenters. The van der Waals surface area contributed by atoms with Crippen LogP contribution in [0.5, 0.6) is 0 Å². The molecule has 5 nitrogen and oxygen atoms in total. The van der Waals surface area contributed by atoms with Crippen LogP contribution in [-0.4, -0.2) is 11.8 Å². The second-order valence-corrected chi connectivity index (χ2v) is 9.19. The van der Waals surface area contributed by atoms with Gasteiger partial charge in [-0.3, -0.25) is 9.59 Å². The van der Waals surface area contributed by atoms with Crippen molar-refractivity contribution in [1.82, 2.24) is 0 Å². The molecule has 0 aliphatic carbocycles.